The third-order valence-electron chi connectivity index (χ3n) is 5.04. The van der Waals surface area contributed by atoms with Gasteiger partial charge in [0.1, 0.15) is 11.5 Å². The molecule has 0 spiro atoms. The second kappa shape index (κ2) is 9.14. The first kappa shape index (κ1) is 20.8. The number of hydrogen-bond acceptors (Lipinski definition) is 6. The number of aromatic nitrogens is 1. The molecule has 1 aliphatic rings. The van der Waals surface area contributed by atoms with Crippen LogP contribution in [-0.2, 0) is 16.1 Å². The van der Waals surface area contributed by atoms with E-state index in [2.05, 4.69) is 4.98 Å². The molecule has 0 aliphatic carbocycles. The summed E-state index contributed by atoms with van der Waals surface area (Å²) in [5.41, 5.74) is 1.39. The Morgan fingerprint density at radius 2 is 1.97 bits per heavy atom. The van der Waals surface area contributed by atoms with E-state index in [1.54, 1.807) is 48.8 Å². The van der Waals surface area contributed by atoms with Gasteiger partial charge in [0.05, 0.1) is 18.2 Å². The second-order valence-electron chi connectivity index (χ2n) is 7.17. The molecule has 3 heterocycles. The standard InChI is InChI=1S/C24H22N2O4S/c1-2-12-30-18-6-3-5-17(14-18)22(27)20-21(19-7-4-13-31-19)26(24(29)23(20)28)15-16-8-10-25-11-9-16/h3-11,13-14,21,27H,2,12,15H2,1H3/b22-20-. The van der Waals surface area contributed by atoms with Crippen molar-refractivity contribution in [3.05, 3.63) is 87.9 Å². The molecule has 0 bridgehead atoms. The van der Waals surface area contributed by atoms with Gasteiger partial charge in [-0.2, -0.15) is 0 Å². The van der Waals surface area contributed by atoms with E-state index < -0.39 is 17.7 Å². The number of rotatable bonds is 7. The first-order valence-electron chi connectivity index (χ1n) is 10.0. The summed E-state index contributed by atoms with van der Waals surface area (Å²) in [6.45, 7) is 2.80. The van der Waals surface area contributed by atoms with E-state index in [4.69, 9.17) is 4.74 Å². The number of aliphatic hydroxyl groups excluding tert-OH is 1. The zero-order valence-corrected chi connectivity index (χ0v) is 17.8. The van der Waals surface area contributed by atoms with Crippen molar-refractivity contribution in [2.45, 2.75) is 25.9 Å². The van der Waals surface area contributed by atoms with Crippen LogP contribution in [0.1, 0.15) is 35.4 Å². The van der Waals surface area contributed by atoms with Gasteiger partial charge in [0.25, 0.3) is 11.7 Å². The van der Waals surface area contributed by atoms with Crippen LogP contribution in [0, 0.1) is 0 Å². The number of hydrogen-bond donors (Lipinski definition) is 1. The highest BCUT2D eigenvalue weighted by Gasteiger charge is 2.46. The number of Topliss-reactive ketones (excluding diaryl/α,β-unsaturated/α-hetero) is 1. The van der Waals surface area contributed by atoms with Crippen LogP contribution < -0.4 is 4.74 Å². The number of carbonyl (C=O) groups is 2. The molecular formula is C24H22N2O4S. The number of ketones is 1. The number of thiophene rings is 1. The summed E-state index contributed by atoms with van der Waals surface area (Å²) in [6, 6.07) is 13.6. The topological polar surface area (TPSA) is 79.7 Å². The quantitative estimate of drug-likeness (QED) is 0.335. The van der Waals surface area contributed by atoms with Crippen molar-refractivity contribution in [1.82, 2.24) is 9.88 Å². The monoisotopic (exact) mass is 434 g/mol. The minimum atomic E-state index is -0.690. The summed E-state index contributed by atoms with van der Waals surface area (Å²) in [7, 11) is 0. The van der Waals surface area contributed by atoms with Gasteiger partial charge in [-0.15, -0.1) is 11.3 Å². The summed E-state index contributed by atoms with van der Waals surface area (Å²) < 4.78 is 5.66. The summed E-state index contributed by atoms with van der Waals surface area (Å²) >= 11 is 1.44. The van der Waals surface area contributed by atoms with Gasteiger partial charge >= 0.3 is 0 Å². The summed E-state index contributed by atoms with van der Waals surface area (Å²) in [5.74, 6) is -0.916. The highest BCUT2D eigenvalue weighted by Crippen LogP contribution is 2.42. The third kappa shape index (κ3) is 4.22. The molecule has 7 heteroatoms. The highest BCUT2D eigenvalue weighted by atomic mass is 32.1. The minimum absolute atomic E-state index is 0.0918. The van der Waals surface area contributed by atoms with Gasteiger partial charge in [0, 0.05) is 29.4 Å². The van der Waals surface area contributed by atoms with Crippen molar-refractivity contribution in [2.24, 2.45) is 0 Å². The first-order chi connectivity index (χ1) is 15.1. The summed E-state index contributed by atoms with van der Waals surface area (Å²) in [6.07, 6.45) is 4.15. The minimum Gasteiger partial charge on any atom is -0.507 e. The fourth-order valence-electron chi connectivity index (χ4n) is 3.58. The van der Waals surface area contributed by atoms with Gasteiger partial charge in [0.15, 0.2) is 0 Å². The fraction of sp³-hybridized carbons (Fsp3) is 0.208. The SMILES string of the molecule is CCCOc1cccc(/C(O)=C2/C(=O)C(=O)N(Cc3ccncc3)C2c2cccs2)c1. The number of benzene rings is 1. The van der Waals surface area contributed by atoms with Crippen LogP contribution in [0.5, 0.6) is 5.75 Å². The molecule has 0 saturated carbocycles. The Morgan fingerprint density at radius 1 is 1.16 bits per heavy atom. The van der Waals surface area contributed by atoms with Gasteiger partial charge in [0.2, 0.25) is 0 Å². The Kier molecular flexibility index (Phi) is 6.13. The van der Waals surface area contributed by atoms with Crippen LogP contribution in [0.25, 0.3) is 5.76 Å². The van der Waals surface area contributed by atoms with Crippen LogP contribution in [0.3, 0.4) is 0 Å². The van der Waals surface area contributed by atoms with Crippen LogP contribution in [0.4, 0.5) is 0 Å². The van der Waals surface area contributed by atoms with E-state index in [0.717, 1.165) is 16.9 Å². The average molecular weight is 435 g/mol. The van der Waals surface area contributed by atoms with E-state index in [0.29, 0.717) is 17.9 Å². The van der Waals surface area contributed by atoms with Gasteiger partial charge in [-0.1, -0.05) is 25.1 Å². The lowest BCUT2D eigenvalue weighted by Crippen LogP contribution is -2.28. The Hall–Kier alpha value is -3.45. The summed E-state index contributed by atoms with van der Waals surface area (Å²) in [5, 5.41) is 13.0. The molecule has 31 heavy (non-hydrogen) atoms. The molecule has 1 saturated heterocycles. The van der Waals surface area contributed by atoms with E-state index in [-0.39, 0.29) is 17.9 Å². The van der Waals surface area contributed by atoms with Crippen LogP contribution in [-0.4, -0.2) is 33.3 Å². The molecule has 1 unspecified atom stereocenters. The van der Waals surface area contributed by atoms with Crippen molar-refractivity contribution in [3.8, 4) is 5.75 Å². The Labute approximate surface area is 184 Å². The predicted molar refractivity (Wildman–Crippen MR) is 119 cm³/mol. The van der Waals surface area contributed by atoms with Crippen LogP contribution >= 0.6 is 11.3 Å². The van der Waals surface area contributed by atoms with Crippen molar-refractivity contribution >= 4 is 28.8 Å². The zero-order valence-electron chi connectivity index (χ0n) is 17.0. The van der Waals surface area contributed by atoms with Gasteiger partial charge in [-0.3, -0.25) is 14.6 Å². The number of amides is 1. The smallest absolute Gasteiger partial charge is 0.295 e. The lowest BCUT2D eigenvalue weighted by Gasteiger charge is -2.24. The normalized spacial score (nSPS) is 17.8. The van der Waals surface area contributed by atoms with Gasteiger partial charge in [-0.05, 0) is 47.7 Å². The zero-order chi connectivity index (χ0) is 21.8. The Balaban J connectivity index is 1.78. The molecular weight excluding hydrogens is 412 g/mol. The van der Waals surface area contributed by atoms with E-state index in [1.807, 2.05) is 24.4 Å². The molecule has 1 aliphatic heterocycles. The number of pyridine rings is 1. The molecule has 158 valence electrons. The largest absolute Gasteiger partial charge is 0.507 e. The molecule has 1 atom stereocenters. The fourth-order valence-corrected chi connectivity index (χ4v) is 4.42. The number of ether oxygens (including phenoxy) is 1. The Bertz CT molecular complexity index is 1110. The first-order valence-corrected chi connectivity index (χ1v) is 10.9. The number of likely N-dealkylation sites (tertiary alicyclic amines) is 1. The van der Waals surface area contributed by atoms with Crippen molar-refractivity contribution in [3.63, 3.8) is 0 Å². The maximum Gasteiger partial charge on any atom is 0.295 e. The van der Waals surface area contributed by atoms with Crippen molar-refractivity contribution in [1.29, 1.82) is 0 Å². The highest BCUT2D eigenvalue weighted by molar-refractivity contribution is 7.10. The van der Waals surface area contributed by atoms with E-state index in [9.17, 15) is 14.7 Å². The number of nitrogens with zero attached hydrogens (tertiary/aromatic N) is 2. The maximum absolute atomic E-state index is 13.0. The van der Waals surface area contributed by atoms with Crippen molar-refractivity contribution in [2.75, 3.05) is 6.61 Å². The molecule has 3 aromatic rings. The molecule has 1 aromatic carbocycles. The Morgan fingerprint density at radius 3 is 2.68 bits per heavy atom. The summed E-state index contributed by atoms with van der Waals surface area (Å²) in [4.78, 5) is 32.3. The van der Waals surface area contributed by atoms with Crippen molar-refractivity contribution < 1.29 is 19.4 Å². The van der Waals surface area contributed by atoms with E-state index >= 15 is 0 Å². The number of aliphatic hydroxyl groups is 1. The lowest BCUT2D eigenvalue weighted by molar-refractivity contribution is -0.140. The van der Waals surface area contributed by atoms with Gasteiger partial charge < -0.3 is 14.7 Å². The molecule has 1 fully saturated rings. The molecule has 1 amide bonds. The predicted octanol–water partition coefficient (Wildman–Crippen LogP) is 4.55. The second-order valence-corrected chi connectivity index (χ2v) is 8.15. The molecule has 6 nitrogen and oxygen atoms in total. The molecule has 4 rings (SSSR count). The van der Waals surface area contributed by atoms with Crippen LogP contribution in [0.2, 0.25) is 0 Å². The molecule has 2 aromatic heterocycles. The van der Waals surface area contributed by atoms with Crippen LogP contribution in [0.15, 0.2) is 71.9 Å². The third-order valence-corrected chi connectivity index (χ3v) is 5.96. The molecule has 0 radical (unpaired) electrons. The number of carbonyl (C=O) groups excluding carboxylic acids is 2. The average Bonchev–Trinajstić information content (AvgIpc) is 3.41. The molecule has 1 N–H and O–H groups in total. The maximum atomic E-state index is 13.0. The van der Waals surface area contributed by atoms with Gasteiger partial charge in [-0.25, -0.2) is 0 Å². The lowest BCUT2D eigenvalue weighted by atomic mass is 9.99. The van der Waals surface area contributed by atoms with E-state index in [1.165, 1.54) is 16.2 Å².